The molecule has 0 bridgehead atoms. The maximum absolute atomic E-state index is 13.0. The highest BCUT2D eigenvalue weighted by molar-refractivity contribution is 5.96. The van der Waals surface area contributed by atoms with Gasteiger partial charge in [-0.3, -0.25) is 9.59 Å². The van der Waals surface area contributed by atoms with E-state index in [1.807, 2.05) is 19.1 Å². The summed E-state index contributed by atoms with van der Waals surface area (Å²) in [6.07, 6.45) is 2.29. The van der Waals surface area contributed by atoms with Crippen LogP contribution in [0.5, 0.6) is 0 Å². The predicted octanol–water partition coefficient (Wildman–Crippen LogP) is 4.10. The number of rotatable bonds is 7. The van der Waals surface area contributed by atoms with E-state index in [-0.39, 0.29) is 36.4 Å². The van der Waals surface area contributed by atoms with Crippen molar-refractivity contribution < 1.29 is 18.5 Å². The molecule has 1 heterocycles. The zero-order valence-electron chi connectivity index (χ0n) is 16.4. The maximum Gasteiger partial charge on any atom is 0.227 e. The third-order valence-electron chi connectivity index (χ3n) is 4.86. The number of hydrogen-bond donors (Lipinski definition) is 2. The van der Waals surface area contributed by atoms with Gasteiger partial charge >= 0.3 is 0 Å². The summed E-state index contributed by atoms with van der Waals surface area (Å²) in [4.78, 5) is 28.6. The Bertz CT molecular complexity index is 1070. The molecule has 0 aliphatic heterocycles. The van der Waals surface area contributed by atoms with E-state index in [1.54, 1.807) is 18.2 Å². The summed E-state index contributed by atoms with van der Waals surface area (Å²) in [5.74, 6) is 0.256. The van der Waals surface area contributed by atoms with Crippen molar-refractivity contribution in [1.29, 1.82) is 0 Å². The minimum absolute atomic E-state index is 0.0180. The van der Waals surface area contributed by atoms with Gasteiger partial charge in [0.15, 0.2) is 0 Å². The van der Waals surface area contributed by atoms with Crippen LogP contribution in [0.4, 0.5) is 15.8 Å². The summed E-state index contributed by atoms with van der Waals surface area (Å²) in [7, 11) is 0. The molecule has 154 valence electrons. The lowest BCUT2D eigenvalue weighted by molar-refractivity contribution is -0.117. The zero-order chi connectivity index (χ0) is 21.1. The van der Waals surface area contributed by atoms with Gasteiger partial charge in [-0.25, -0.2) is 4.39 Å². The average Bonchev–Trinajstić information content (AvgIpc) is 3.48. The van der Waals surface area contributed by atoms with Crippen LogP contribution in [0.3, 0.4) is 0 Å². The molecular weight excluding hydrogens is 387 g/mol. The fourth-order valence-electron chi connectivity index (χ4n) is 2.93. The van der Waals surface area contributed by atoms with E-state index in [9.17, 15) is 14.0 Å². The van der Waals surface area contributed by atoms with Crippen LogP contribution >= 0.6 is 0 Å². The third kappa shape index (κ3) is 4.89. The van der Waals surface area contributed by atoms with Crippen molar-refractivity contribution in [3.05, 3.63) is 59.7 Å². The molecule has 30 heavy (non-hydrogen) atoms. The molecule has 4 rings (SSSR count). The first-order valence-corrected chi connectivity index (χ1v) is 9.78. The van der Waals surface area contributed by atoms with E-state index < -0.39 is 0 Å². The van der Waals surface area contributed by atoms with Crippen LogP contribution < -0.4 is 10.6 Å². The first-order valence-electron chi connectivity index (χ1n) is 9.78. The number of hydrogen-bond acceptors (Lipinski definition) is 5. The summed E-state index contributed by atoms with van der Waals surface area (Å²) in [6.45, 7) is 1.88. The minimum Gasteiger partial charge on any atom is -0.339 e. The highest BCUT2D eigenvalue weighted by Gasteiger charge is 2.29. The largest absolute Gasteiger partial charge is 0.339 e. The number of benzene rings is 2. The molecule has 1 saturated carbocycles. The molecule has 0 atom stereocenters. The lowest BCUT2D eigenvalue weighted by Crippen LogP contribution is -2.15. The van der Waals surface area contributed by atoms with E-state index >= 15 is 0 Å². The summed E-state index contributed by atoms with van der Waals surface area (Å²) in [5, 5.41) is 9.61. The van der Waals surface area contributed by atoms with E-state index in [0.717, 1.165) is 18.4 Å². The number of anilines is 2. The van der Waals surface area contributed by atoms with Gasteiger partial charge in [-0.1, -0.05) is 11.2 Å². The molecule has 1 aromatic heterocycles. The fourth-order valence-corrected chi connectivity index (χ4v) is 2.93. The molecule has 3 aromatic rings. The molecule has 2 aromatic carbocycles. The van der Waals surface area contributed by atoms with Crippen molar-refractivity contribution in [2.75, 3.05) is 10.6 Å². The second-order valence-electron chi connectivity index (χ2n) is 7.36. The molecule has 7 nitrogen and oxygen atoms in total. The van der Waals surface area contributed by atoms with Gasteiger partial charge in [-0.2, -0.15) is 4.98 Å². The van der Waals surface area contributed by atoms with Crippen LogP contribution in [0.1, 0.15) is 30.7 Å². The highest BCUT2D eigenvalue weighted by Crippen LogP contribution is 2.31. The maximum atomic E-state index is 13.0. The SMILES string of the molecule is Cc1ccc(NC(=O)C2CC2)cc1NC(=O)CCc1nc(-c2ccc(F)cc2)no1. The van der Waals surface area contributed by atoms with Crippen molar-refractivity contribution in [3.8, 4) is 11.4 Å². The van der Waals surface area contributed by atoms with Gasteiger partial charge in [0.05, 0.1) is 0 Å². The molecule has 8 heteroatoms. The first kappa shape index (κ1) is 19.8. The Morgan fingerprint density at radius 2 is 1.90 bits per heavy atom. The Balaban J connectivity index is 1.33. The van der Waals surface area contributed by atoms with Crippen molar-refractivity contribution >= 4 is 23.2 Å². The Labute approximate surface area is 172 Å². The van der Waals surface area contributed by atoms with Crippen molar-refractivity contribution in [2.24, 2.45) is 5.92 Å². The van der Waals surface area contributed by atoms with Gasteiger partial charge in [-0.15, -0.1) is 0 Å². The van der Waals surface area contributed by atoms with Gasteiger partial charge in [-0.05, 0) is 61.7 Å². The average molecular weight is 408 g/mol. The Morgan fingerprint density at radius 1 is 1.13 bits per heavy atom. The normalized spacial score (nSPS) is 13.1. The summed E-state index contributed by atoms with van der Waals surface area (Å²) < 4.78 is 18.2. The summed E-state index contributed by atoms with van der Waals surface area (Å²) in [5.41, 5.74) is 2.83. The standard InChI is InChI=1S/C22H21FN4O3/c1-13-2-9-17(24-22(29)15-3-4-15)12-18(13)25-19(28)10-11-20-26-21(27-30-20)14-5-7-16(23)8-6-14/h2,5-9,12,15H,3-4,10-11H2,1H3,(H,24,29)(H,25,28). The molecule has 1 fully saturated rings. The molecule has 2 N–H and O–H groups in total. The van der Waals surface area contributed by atoms with Crippen LogP contribution in [0.25, 0.3) is 11.4 Å². The number of carbonyl (C=O) groups excluding carboxylic acids is 2. The number of carbonyl (C=O) groups is 2. The van der Waals surface area contributed by atoms with Gasteiger partial charge in [0, 0.05) is 35.7 Å². The lowest BCUT2D eigenvalue weighted by atomic mass is 10.1. The molecule has 0 unspecified atom stereocenters. The molecule has 0 saturated heterocycles. The van der Waals surface area contributed by atoms with Crippen LogP contribution in [0.15, 0.2) is 47.0 Å². The second kappa shape index (κ2) is 8.44. The zero-order valence-corrected chi connectivity index (χ0v) is 16.4. The van der Waals surface area contributed by atoms with E-state index in [4.69, 9.17) is 4.52 Å². The van der Waals surface area contributed by atoms with Gasteiger partial charge < -0.3 is 15.2 Å². The quantitative estimate of drug-likeness (QED) is 0.613. The molecular formula is C22H21FN4O3. The van der Waals surface area contributed by atoms with Crippen LogP contribution in [0, 0.1) is 18.7 Å². The van der Waals surface area contributed by atoms with Gasteiger partial charge in [0.25, 0.3) is 0 Å². The highest BCUT2D eigenvalue weighted by atomic mass is 19.1. The number of aryl methyl sites for hydroxylation is 2. The molecule has 1 aliphatic carbocycles. The number of nitrogens with one attached hydrogen (secondary N) is 2. The van der Waals surface area contributed by atoms with Crippen molar-refractivity contribution in [2.45, 2.75) is 32.6 Å². The monoisotopic (exact) mass is 408 g/mol. The van der Waals surface area contributed by atoms with E-state index in [2.05, 4.69) is 20.8 Å². The van der Waals surface area contributed by atoms with Crippen molar-refractivity contribution in [1.82, 2.24) is 10.1 Å². The Hall–Kier alpha value is -3.55. The molecule has 0 spiro atoms. The summed E-state index contributed by atoms with van der Waals surface area (Å²) in [6, 6.07) is 11.2. The second-order valence-corrected chi connectivity index (χ2v) is 7.36. The molecule has 1 aliphatic rings. The number of halogens is 1. The number of nitrogens with zero attached hydrogens (tertiary/aromatic N) is 2. The van der Waals surface area contributed by atoms with Crippen LogP contribution in [0.2, 0.25) is 0 Å². The molecule has 2 amide bonds. The van der Waals surface area contributed by atoms with E-state index in [0.29, 0.717) is 28.7 Å². The van der Waals surface area contributed by atoms with Gasteiger partial charge in [0.1, 0.15) is 5.82 Å². The predicted molar refractivity (Wildman–Crippen MR) is 109 cm³/mol. The Morgan fingerprint density at radius 3 is 2.63 bits per heavy atom. The van der Waals surface area contributed by atoms with Crippen molar-refractivity contribution in [3.63, 3.8) is 0 Å². The lowest BCUT2D eigenvalue weighted by Gasteiger charge is -2.11. The smallest absolute Gasteiger partial charge is 0.227 e. The summed E-state index contributed by atoms with van der Waals surface area (Å²) >= 11 is 0. The number of aromatic nitrogens is 2. The fraction of sp³-hybridized carbons (Fsp3) is 0.273. The first-order chi connectivity index (χ1) is 14.5. The van der Waals surface area contributed by atoms with Gasteiger partial charge in [0.2, 0.25) is 23.5 Å². The third-order valence-corrected chi connectivity index (χ3v) is 4.86. The molecule has 0 radical (unpaired) electrons. The number of amides is 2. The van der Waals surface area contributed by atoms with Crippen LogP contribution in [-0.2, 0) is 16.0 Å². The minimum atomic E-state index is -0.342. The van der Waals surface area contributed by atoms with E-state index in [1.165, 1.54) is 12.1 Å². The van der Waals surface area contributed by atoms with Crippen LogP contribution in [-0.4, -0.2) is 22.0 Å². The Kier molecular flexibility index (Phi) is 5.56. The topological polar surface area (TPSA) is 97.1 Å².